The van der Waals surface area contributed by atoms with Crippen molar-refractivity contribution in [2.75, 3.05) is 19.6 Å². The van der Waals surface area contributed by atoms with E-state index in [9.17, 15) is 4.79 Å². The fourth-order valence-electron chi connectivity index (χ4n) is 4.92. The molecule has 6 heteroatoms. The predicted molar refractivity (Wildman–Crippen MR) is 122 cm³/mol. The Bertz CT molecular complexity index is 1050. The molecule has 0 radical (unpaired) electrons. The molecule has 0 bridgehead atoms. The third-order valence-electron chi connectivity index (χ3n) is 6.96. The topological polar surface area (TPSA) is 71.5 Å². The quantitative estimate of drug-likeness (QED) is 0.591. The maximum absolute atomic E-state index is 12.8. The first-order chi connectivity index (χ1) is 15.7. The molecule has 3 aromatic rings. The number of carbonyl (C=O) groups is 1. The summed E-state index contributed by atoms with van der Waals surface area (Å²) in [5, 5.41) is 7.09. The van der Waals surface area contributed by atoms with Gasteiger partial charge in [0.2, 0.25) is 0 Å². The average molecular weight is 434 g/mol. The van der Waals surface area contributed by atoms with Crippen LogP contribution in [0.1, 0.15) is 66.0 Å². The Kier molecular flexibility index (Phi) is 6.12. The van der Waals surface area contributed by atoms with Gasteiger partial charge in [-0.1, -0.05) is 24.2 Å². The number of benzene rings is 1. The van der Waals surface area contributed by atoms with Crippen molar-refractivity contribution in [2.45, 2.75) is 51.5 Å². The zero-order valence-electron chi connectivity index (χ0n) is 18.7. The second-order valence-electron chi connectivity index (χ2n) is 9.23. The van der Waals surface area contributed by atoms with Crippen LogP contribution in [0, 0.1) is 5.92 Å². The van der Waals surface area contributed by atoms with Crippen molar-refractivity contribution in [3.8, 4) is 11.3 Å². The largest absolute Gasteiger partial charge is 0.468 e. The van der Waals surface area contributed by atoms with E-state index in [4.69, 9.17) is 8.94 Å². The Hall–Kier alpha value is -2.86. The van der Waals surface area contributed by atoms with Gasteiger partial charge in [0.1, 0.15) is 5.76 Å². The first kappa shape index (κ1) is 21.0. The summed E-state index contributed by atoms with van der Waals surface area (Å²) in [5.74, 6) is 2.04. The van der Waals surface area contributed by atoms with Crippen LogP contribution >= 0.6 is 0 Å². The highest BCUT2D eigenvalue weighted by Gasteiger charge is 2.27. The van der Waals surface area contributed by atoms with E-state index in [1.807, 2.05) is 12.1 Å². The van der Waals surface area contributed by atoms with E-state index in [1.165, 1.54) is 36.8 Å². The molecule has 1 amide bonds. The maximum atomic E-state index is 12.8. The van der Waals surface area contributed by atoms with Crippen LogP contribution in [0.3, 0.4) is 0 Å². The lowest BCUT2D eigenvalue weighted by atomic mass is 9.90. The van der Waals surface area contributed by atoms with Gasteiger partial charge in [0.15, 0.2) is 11.5 Å². The van der Waals surface area contributed by atoms with Gasteiger partial charge in [-0.25, -0.2) is 0 Å². The number of nitrogens with one attached hydrogen (secondary N) is 1. The van der Waals surface area contributed by atoms with Crippen molar-refractivity contribution in [3.05, 3.63) is 65.2 Å². The molecule has 0 unspecified atom stereocenters. The highest BCUT2D eigenvalue weighted by Crippen LogP contribution is 2.29. The maximum Gasteiger partial charge on any atom is 0.273 e. The summed E-state index contributed by atoms with van der Waals surface area (Å²) in [4.78, 5) is 15.3. The van der Waals surface area contributed by atoms with Crippen LogP contribution in [0.5, 0.6) is 0 Å². The van der Waals surface area contributed by atoms with Gasteiger partial charge in [-0.3, -0.25) is 9.69 Å². The van der Waals surface area contributed by atoms with E-state index in [-0.39, 0.29) is 11.9 Å². The SMILES string of the molecule is CC1CCN([C@@H](CNC(=O)c2cc(-c3ccc4c(c3)CCCC4)on2)c2ccco2)CC1. The Morgan fingerprint density at radius 3 is 2.75 bits per heavy atom. The van der Waals surface area contributed by atoms with Crippen molar-refractivity contribution >= 4 is 5.91 Å². The second kappa shape index (κ2) is 9.33. The third-order valence-corrected chi connectivity index (χ3v) is 6.96. The normalized spacial score (nSPS) is 18.3. The number of furan rings is 1. The van der Waals surface area contributed by atoms with E-state index < -0.39 is 0 Å². The number of likely N-dealkylation sites (tertiary alicyclic amines) is 1. The smallest absolute Gasteiger partial charge is 0.273 e. The van der Waals surface area contributed by atoms with Crippen LogP contribution in [0.15, 0.2) is 51.6 Å². The molecule has 3 heterocycles. The van der Waals surface area contributed by atoms with Crippen molar-refractivity contribution in [1.82, 2.24) is 15.4 Å². The zero-order chi connectivity index (χ0) is 21.9. The van der Waals surface area contributed by atoms with Gasteiger partial charge in [0.05, 0.1) is 12.3 Å². The summed E-state index contributed by atoms with van der Waals surface area (Å²) in [7, 11) is 0. The molecular formula is C26H31N3O3. The standard InChI is InChI=1S/C26H31N3O3/c1-18-10-12-29(13-11-18)23(24-7-4-14-31-24)17-27-26(30)22-16-25(32-28-22)21-9-8-19-5-2-3-6-20(19)15-21/h4,7-9,14-16,18,23H,2-3,5-6,10-13,17H2,1H3,(H,27,30)/t23-/m0/s1. The number of piperidine rings is 1. The van der Waals surface area contributed by atoms with Crippen LogP contribution in [-0.4, -0.2) is 35.6 Å². The number of hydrogen-bond acceptors (Lipinski definition) is 5. The summed E-state index contributed by atoms with van der Waals surface area (Å²) in [6.45, 7) is 4.79. The van der Waals surface area contributed by atoms with E-state index in [0.29, 0.717) is 18.0 Å². The van der Waals surface area contributed by atoms with Crippen LogP contribution < -0.4 is 5.32 Å². The van der Waals surface area contributed by atoms with Gasteiger partial charge in [0, 0.05) is 18.2 Å². The molecular weight excluding hydrogens is 402 g/mol. The fourth-order valence-corrected chi connectivity index (χ4v) is 4.92. The molecule has 2 aromatic heterocycles. The van der Waals surface area contributed by atoms with Crippen molar-refractivity contribution in [2.24, 2.45) is 5.92 Å². The monoisotopic (exact) mass is 433 g/mol. The lowest BCUT2D eigenvalue weighted by Gasteiger charge is -2.35. The third kappa shape index (κ3) is 4.51. The molecule has 0 spiro atoms. The molecule has 1 aliphatic heterocycles. The number of nitrogens with zero attached hydrogens (tertiary/aromatic N) is 2. The number of amides is 1. The first-order valence-corrected chi connectivity index (χ1v) is 11.8. The van der Waals surface area contributed by atoms with E-state index >= 15 is 0 Å². The lowest BCUT2D eigenvalue weighted by Crippen LogP contribution is -2.41. The van der Waals surface area contributed by atoms with Gasteiger partial charge in [-0.05, 0) is 86.9 Å². The van der Waals surface area contributed by atoms with Gasteiger partial charge in [-0.2, -0.15) is 0 Å². The molecule has 1 fully saturated rings. The fraction of sp³-hybridized carbons (Fsp3) is 0.462. The Morgan fingerprint density at radius 2 is 1.97 bits per heavy atom. The molecule has 5 rings (SSSR count). The molecule has 1 aromatic carbocycles. The minimum atomic E-state index is -0.222. The molecule has 2 aliphatic rings. The van der Waals surface area contributed by atoms with Crippen LogP contribution in [0.4, 0.5) is 0 Å². The molecule has 0 saturated carbocycles. The number of rotatable bonds is 6. The van der Waals surface area contributed by atoms with E-state index in [2.05, 4.69) is 40.5 Å². The van der Waals surface area contributed by atoms with Gasteiger partial charge in [0.25, 0.3) is 5.91 Å². The highest BCUT2D eigenvalue weighted by atomic mass is 16.5. The molecule has 1 saturated heterocycles. The summed E-state index contributed by atoms with van der Waals surface area (Å²) in [6.07, 6.45) is 8.76. The Morgan fingerprint density at radius 1 is 1.16 bits per heavy atom. The first-order valence-electron chi connectivity index (χ1n) is 11.8. The minimum Gasteiger partial charge on any atom is -0.468 e. The number of aromatic nitrogens is 1. The number of aryl methyl sites for hydroxylation is 2. The molecule has 1 N–H and O–H groups in total. The number of fused-ring (bicyclic) bond motifs is 1. The van der Waals surface area contributed by atoms with Crippen molar-refractivity contribution < 1.29 is 13.7 Å². The second-order valence-corrected chi connectivity index (χ2v) is 9.23. The predicted octanol–water partition coefficient (Wildman–Crippen LogP) is 5.02. The zero-order valence-corrected chi connectivity index (χ0v) is 18.7. The van der Waals surface area contributed by atoms with Crippen LogP contribution in [-0.2, 0) is 12.8 Å². The lowest BCUT2D eigenvalue weighted by molar-refractivity contribution is 0.0887. The molecule has 6 nitrogen and oxygen atoms in total. The Balaban J connectivity index is 1.26. The van der Waals surface area contributed by atoms with Crippen LogP contribution in [0.2, 0.25) is 0 Å². The molecule has 168 valence electrons. The number of carbonyl (C=O) groups excluding carboxylic acids is 1. The average Bonchev–Trinajstić information content (AvgIpc) is 3.53. The highest BCUT2D eigenvalue weighted by molar-refractivity contribution is 5.93. The van der Waals surface area contributed by atoms with Crippen LogP contribution in [0.25, 0.3) is 11.3 Å². The molecule has 1 aliphatic carbocycles. The van der Waals surface area contributed by atoms with Gasteiger partial charge >= 0.3 is 0 Å². The minimum absolute atomic E-state index is 0.0217. The number of hydrogen-bond donors (Lipinski definition) is 1. The summed E-state index contributed by atoms with van der Waals surface area (Å²) >= 11 is 0. The van der Waals surface area contributed by atoms with Gasteiger partial charge < -0.3 is 14.3 Å². The van der Waals surface area contributed by atoms with E-state index in [1.54, 1.807) is 12.3 Å². The Labute approximate surface area is 189 Å². The summed E-state index contributed by atoms with van der Waals surface area (Å²) in [6, 6.07) is 12.1. The summed E-state index contributed by atoms with van der Waals surface area (Å²) < 4.78 is 11.2. The molecule has 1 atom stereocenters. The van der Waals surface area contributed by atoms with E-state index in [0.717, 1.165) is 43.2 Å². The van der Waals surface area contributed by atoms with Crippen molar-refractivity contribution in [3.63, 3.8) is 0 Å². The van der Waals surface area contributed by atoms with Crippen molar-refractivity contribution in [1.29, 1.82) is 0 Å². The molecule has 32 heavy (non-hydrogen) atoms. The van der Waals surface area contributed by atoms with Gasteiger partial charge in [-0.15, -0.1) is 0 Å². The summed E-state index contributed by atoms with van der Waals surface area (Å²) in [5.41, 5.74) is 4.10.